The molecule has 2 N–H and O–H groups in total. The molecule has 98 valence electrons. The minimum Gasteiger partial charge on any atom is -0.330 e. The molecule has 2 heterocycles. The van der Waals surface area contributed by atoms with Crippen molar-refractivity contribution in [2.45, 2.75) is 45.2 Å². The molecule has 1 aromatic heterocycles. The van der Waals surface area contributed by atoms with Crippen LogP contribution in [-0.2, 0) is 0 Å². The van der Waals surface area contributed by atoms with Crippen LogP contribution in [0.5, 0.6) is 0 Å². The smallest absolute Gasteiger partial charge is 0.273 e. The van der Waals surface area contributed by atoms with Crippen LogP contribution in [0.3, 0.4) is 0 Å². The van der Waals surface area contributed by atoms with Crippen molar-refractivity contribution in [1.29, 1.82) is 0 Å². The third-order valence-electron chi connectivity index (χ3n) is 3.75. The van der Waals surface area contributed by atoms with Gasteiger partial charge in [-0.1, -0.05) is 6.07 Å². The summed E-state index contributed by atoms with van der Waals surface area (Å²) in [4.78, 5) is 18.8. The zero-order chi connectivity index (χ0) is 13.1. The Hall–Kier alpha value is -1.42. The van der Waals surface area contributed by atoms with Crippen molar-refractivity contribution in [1.82, 2.24) is 9.88 Å². The molecule has 1 aliphatic rings. The topological polar surface area (TPSA) is 59.2 Å². The third kappa shape index (κ3) is 2.38. The van der Waals surface area contributed by atoms with Gasteiger partial charge in [0, 0.05) is 24.8 Å². The second-order valence-electron chi connectivity index (χ2n) is 5.05. The van der Waals surface area contributed by atoms with Crippen LogP contribution in [0.2, 0.25) is 0 Å². The number of amides is 1. The zero-order valence-corrected chi connectivity index (χ0v) is 11.1. The summed E-state index contributed by atoms with van der Waals surface area (Å²) >= 11 is 0. The largest absolute Gasteiger partial charge is 0.330 e. The SMILES string of the molecule is Cc1cccnc1C(=O)N1C(C)CCCC1CN. The molecular weight excluding hydrogens is 226 g/mol. The van der Waals surface area contributed by atoms with Gasteiger partial charge in [0.1, 0.15) is 5.69 Å². The molecule has 0 aromatic carbocycles. The second-order valence-corrected chi connectivity index (χ2v) is 5.05. The molecule has 2 unspecified atom stereocenters. The van der Waals surface area contributed by atoms with E-state index in [4.69, 9.17) is 5.73 Å². The van der Waals surface area contributed by atoms with Gasteiger partial charge in [-0.2, -0.15) is 0 Å². The molecule has 1 amide bonds. The van der Waals surface area contributed by atoms with Gasteiger partial charge in [-0.05, 0) is 44.7 Å². The number of carbonyl (C=O) groups excluding carboxylic acids is 1. The minimum atomic E-state index is 0.0238. The van der Waals surface area contributed by atoms with E-state index in [2.05, 4.69) is 11.9 Å². The van der Waals surface area contributed by atoms with Crippen LogP contribution in [0.4, 0.5) is 0 Å². The van der Waals surface area contributed by atoms with Crippen LogP contribution in [-0.4, -0.2) is 34.4 Å². The van der Waals surface area contributed by atoms with E-state index in [9.17, 15) is 4.79 Å². The molecule has 4 heteroatoms. The number of likely N-dealkylation sites (tertiary alicyclic amines) is 1. The lowest BCUT2D eigenvalue weighted by atomic mass is 9.95. The first kappa shape index (κ1) is 13.0. The molecule has 0 bridgehead atoms. The standard InChI is InChI=1S/C14H21N3O/c1-10-5-4-8-16-13(10)14(18)17-11(2)6-3-7-12(17)9-15/h4-5,8,11-12H,3,6-7,9,15H2,1-2H3. The lowest BCUT2D eigenvalue weighted by Gasteiger charge is -2.40. The Labute approximate surface area is 108 Å². The molecule has 0 saturated carbocycles. The zero-order valence-electron chi connectivity index (χ0n) is 11.1. The first-order chi connectivity index (χ1) is 8.65. The van der Waals surface area contributed by atoms with Crippen molar-refractivity contribution in [3.63, 3.8) is 0 Å². The summed E-state index contributed by atoms with van der Waals surface area (Å²) in [5, 5.41) is 0. The Balaban J connectivity index is 2.28. The molecule has 1 fully saturated rings. The quantitative estimate of drug-likeness (QED) is 0.866. The van der Waals surface area contributed by atoms with E-state index < -0.39 is 0 Å². The van der Waals surface area contributed by atoms with E-state index in [1.807, 2.05) is 24.0 Å². The Bertz CT molecular complexity index is 433. The summed E-state index contributed by atoms with van der Waals surface area (Å²) in [6, 6.07) is 4.18. The molecule has 1 saturated heterocycles. The van der Waals surface area contributed by atoms with Crippen LogP contribution in [0.15, 0.2) is 18.3 Å². The number of nitrogens with zero attached hydrogens (tertiary/aromatic N) is 2. The minimum absolute atomic E-state index is 0.0238. The number of carbonyl (C=O) groups is 1. The summed E-state index contributed by atoms with van der Waals surface area (Å²) in [6.07, 6.45) is 4.87. The number of piperidine rings is 1. The van der Waals surface area contributed by atoms with Gasteiger partial charge >= 0.3 is 0 Å². The number of rotatable bonds is 2. The summed E-state index contributed by atoms with van der Waals surface area (Å²) in [5.41, 5.74) is 7.28. The average Bonchev–Trinajstić information content (AvgIpc) is 2.38. The highest BCUT2D eigenvalue weighted by Crippen LogP contribution is 2.24. The molecule has 2 rings (SSSR count). The normalized spacial score (nSPS) is 24.1. The van der Waals surface area contributed by atoms with Crippen molar-refractivity contribution in [2.24, 2.45) is 5.73 Å². The van der Waals surface area contributed by atoms with Crippen LogP contribution in [0.25, 0.3) is 0 Å². The Morgan fingerprint density at radius 1 is 1.56 bits per heavy atom. The average molecular weight is 247 g/mol. The van der Waals surface area contributed by atoms with Gasteiger partial charge in [0.2, 0.25) is 0 Å². The Morgan fingerprint density at radius 2 is 2.33 bits per heavy atom. The van der Waals surface area contributed by atoms with E-state index in [-0.39, 0.29) is 18.0 Å². The van der Waals surface area contributed by atoms with Gasteiger partial charge in [0.25, 0.3) is 5.91 Å². The maximum atomic E-state index is 12.6. The first-order valence-corrected chi connectivity index (χ1v) is 6.59. The number of hydrogen-bond acceptors (Lipinski definition) is 3. The van der Waals surface area contributed by atoms with Gasteiger partial charge < -0.3 is 10.6 Å². The first-order valence-electron chi connectivity index (χ1n) is 6.59. The number of hydrogen-bond donors (Lipinski definition) is 1. The molecule has 1 aliphatic heterocycles. The fourth-order valence-corrected chi connectivity index (χ4v) is 2.72. The van der Waals surface area contributed by atoms with Crippen LogP contribution >= 0.6 is 0 Å². The van der Waals surface area contributed by atoms with E-state index in [1.54, 1.807) is 6.20 Å². The Kier molecular flexibility index (Phi) is 3.97. The van der Waals surface area contributed by atoms with E-state index in [0.29, 0.717) is 12.2 Å². The summed E-state index contributed by atoms with van der Waals surface area (Å²) in [5.74, 6) is 0.0238. The lowest BCUT2D eigenvalue weighted by Crippen LogP contribution is -2.52. The van der Waals surface area contributed by atoms with Crippen molar-refractivity contribution in [2.75, 3.05) is 6.54 Å². The predicted octanol–water partition coefficient (Wildman–Crippen LogP) is 1.73. The van der Waals surface area contributed by atoms with Crippen molar-refractivity contribution in [3.05, 3.63) is 29.6 Å². The van der Waals surface area contributed by atoms with Crippen molar-refractivity contribution >= 4 is 5.91 Å². The van der Waals surface area contributed by atoms with E-state index in [1.165, 1.54) is 0 Å². The monoisotopic (exact) mass is 247 g/mol. The molecule has 0 aliphatic carbocycles. The summed E-state index contributed by atoms with van der Waals surface area (Å²) in [6.45, 7) is 4.55. The fraction of sp³-hybridized carbons (Fsp3) is 0.571. The fourth-order valence-electron chi connectivity index (χ4n) is 2.72. The molecular formula is C14H21N3O. The van der Waals surface area contributed by atoms with Crippen molar-refractivity contribution in [3.8, 4) is 0 Å². The molecule has 2 atom stereocenters. The lowest BCUT2D eigenvalue weighted by molar-refractivity contribution is 0.0487. The van der Waals surface area contributed by atoms with E-state index >= 15 is 0 Å². The predicted molar refractivity (Wildman–Crippen MR) is 71.3 cm³/mol. The van der Waals surface area contributed by atoms with Crippen LogP contribution in [0.1, 0.15) is 42.2 Å². The number of nitrogens with two attached hydrogens (primary N) is 1. The van der Waals surface area contributed by atoms with Gasteiger partial charge in [0.15, 0.2) is 0 Å². The maximum absolute atomic E-state index is 12.6. The highest BCUT2D eigenvalue weighted by atomic mass is 16.2. The van der Waals surface area contributed by atoms with Gasteiger partial charge in [-0.3, -0.25) is 9.78 Å². The number of aryl methyl sites for hydroxylation is 1. The number of pyridine rings is 1. The highest BCUT2D eigenvalue weighted by molar-refractivity contribution is 5.94. The third-order valence-corrected chi connectivity index (χ3v) is 3.75. The van der Waals surface area contributed by atoms with Crippen molar-refractivity contribution < 1.29 is 4.79 Å². The molecule has 1 aromatic rings. The molecule has 18 heavy (non-hydrogen) atoms. The molecule has 0 spiro atoms. The maximum Gasteiger partial charge on any atom is 0.273 e. The van der Waals surface area contributed by atoms with Crippen LogP contribution < -0.4 is 5.73 Å². The second kappa shape index (κ2) is 5.48. The van der Waals surface area contributed by atoms with Crippen LogP contribution in [0, 0.1) is 6.92 Å². The van der Waals surface area contributed by atoms with Gasteiger partial charge in [-0.15, -0.1) is 0 Å². The molecule has 4 nitrogen and oxygen atoms in total. The molecule has 0 radical (unpaired) electrons. The van der Waals surface area contributed by atoms with Gasteiger partial charge in [-0.25, -0.2) is 0 Å². The summed E-state index contributed by atoms with van der Waals surface area (Å²) < 4.78 is 0. The van der Waals surface area contributed by atoms with E-state index in [0.717, 1.165) is 24.8 Å². The Morgan fingerprint density at radius 3 is 3.00 bits per heavy atom. The van der Waals surface area contributed by atoms with Gasteiger partial charge in [0.05, 0.1) is 0 Å². The summed E-state index contributed by atoms with van der Waals surface area (Å²) in [7, 11) is 0. The number of aromatic nitrogens is 1. The highest BCUT2D eigenvalue weighted by Gasteiger charge is 2.32.